The van der Waals surface area contributed by atoms with Crippen molar-refractivity contribution >= 4 is 39.9 Å². The third-order valence-electron chi connectivity index (χ3n) is 4.29. The number of rotatable bonds is 4. The van der Waals surface area contributed by atoms with Crippen LogP contribution in [0.25, 0.3) is 11.3 Å². The molecule has 2 atom stereocenters. The number of carboxylic acids is 1. The quantitative estimate of drug-likeness (QED) is 0.848. The first kappa shape index (κ1) is 16.9. The van der Waals surface area contributed by atoms with Crippen LogP contribution >= 0.6 is 22.9 Å². The molecule has 1 aliphatic carbocycles. The van der Waals surface area contributed by atoms with E-state index in [9.17, 15) is 14.7 Å². The molecule has 3 rings (SSSR count). The maximum atomic E-state index is 12.4. The van der Waals surface area contributed by atoms with Gasteiger partial charge in [0.2, 0.25) is 5.91 Å². The van der Waals surface area contributed by atoms with Gasteiger partial charge < -0.3 is 10.4 Å². The van der Waals surface area contributed by atoms with Gasteiger partial charge in [-0.1, -0.05) is 36.6 Å². The summed E-state index contributed by atoms with van der Waals surface area (Å²) in [6, 6.07) is 7.30. The van der Waals surface area contributed by atoms with E-state index in [1.54, 1.807) is 12.1 Å². The average Bonchev–Trinajstić information content (AvgIpc) is 3.04. The van der Waals surface area contributed by atoms with Crippen LogP contribution in [0.4, 0.5) is 5.13 Å². The smallest absolute Gasteiger partial charge is 0.307 e. The lowest BCUT2D eigenvalue weighted by Gasteiger charge is -2.26. The molecule has 0 spiro atoms. The standard InChI is InChI=1S/C17H17ClN2O3S/c18-11-7-5-10(6-8-11)14-9-24-17(19-14)20-15(21)12-3-1-2-4-13(12)16(22)23/h5-9,12-13H,1-4H2,(H,22,23)(H,19,20,21). The number of amides is 1. The Labute approximate surface area is 148 Å². The van der Waals surface area contributed by atoms with Crippen molar-refractivity contribution in [3.8, 4) is 11.3 Å². The number of carbonyl (C=O) groups is 2. The highest BCUT2D eigenvalue weighted by Crippen LogP contribution is 2.32. The molecule has 1 saturated carbocycles. The van der Waals surface area contributed by atoms with Gasteiger partial charge in [-0.15, -0.1) is 11.3 Å². The van der Waals surface area contributed by atoms with Crippen LogP contribution in [-0.2, 0) is 9.59 Å². The van der Waals surface area contributed by atoms with Gasteiger partial charge in [-0.3, -0.25) is 9.59 Å². The summed E-state index contributed by atoms with van der Waals surface area (Å²) in [5.41, 5.74) is 1.67. The lowest BCUT2D eigenvalue weighted by Crippen LogP contribution is -2.36. The van der Waals surface area contributed by atoms with Crippen molar-refractivity contribution in [1.82, 2.24) is 4.98 Å². The Morgan fingerprint density at radius 1 is 1.17 bits per heavy atom. The maximum absolute atomic E-state index is 12.4. The normalized spacial score (nSPS) is 20.5. The Kier molecular flexibility index (Phi) is 5.16. The second-order valence-electron chi connectivity index (χ2n) is 5.87. The molecule has 0 bridgehead atoms. The molecule has 7 heteroatoms. The highest BCUT2D eigenvalue weighted by atomic mass is 35.5. The summed E-state index contributed by atoms with van der Waals surface area (Å²) in [5, 5.41) is 15.1. The van der Waals surface area contributed by atoms with Gasteiger partial charge in [0.15, 0.2) is 5.13 Å². The molecule has 0 saturated heterocycles. The summed E-state index contributed by atoms with van der Waals surface area (Å²) >= 11 is 7.20. The monoisotopic (exact) mass is 364 g/mol. The second kappa shape index (κ2) is 7.32. The van der Waals surface area contributed by atoms with Crippen molar-refractivity contribution in [2.24, 2.45) is 11.8 Å². The van der Waals surface area contributed by atoms with Crippen LogP contribution in [0.3, 0.4) is 0 Å². The van der Waals surface area contributed by atoms with Crippen molar-refractivity contribution in [1.29, 1.82) is 0 Å². The van der Waals surface area contributed by atoms with Gasteiger partial charge in [0.05, 0.1) is 17.5 Å². The molecule has 2 aromatic rings. The Bertz CT molecular complexity index is 745. The van der Waals surface area contributed by atoms with Gasteiger partial charge in [-0.05, 0) is 25.0 Å². The van der Waals surface area contributed by atoms with E-state index in [2.05, 4.69) is 10.3 Å². The number of thiazole rings is 1. The van der Waals surface area contributed by atoms with Crippen LogP contribution in [0.5, 0.6) is 0 Å². The summed E-state index contributed by atoms with van der Waals surface area (Å²) in [6.07, 6.45) is 2.91. The molecular weight excluding hydrogens is 348 g/mol. The van der Waals surface area contributed by atoms with Gasteiger partial charge in [0.1, 0.15) is 0 Å². The summed E-state index contributed by atoms with van der Waals surface area (Å²) < 4.78 is 0. The Morgan fingerprint density at radius 2 is 1.83 bits per heavy atom. The molecule has 1 aromatic heterocycles. The minimum atomic E-state index is -0.893. The zero-order chi connectivity index (χ0) is 17.1. The Morgan fingerprint density at radius 3 is 2.50 bits per heavy atom. The zero-order valence-corrected chi connectivity index (χ0v) is 14.4. The first-order chi connectivity index (χ1) is 11.5. The zero-order valence-electron chi connectivity index (χ0n) is 12.9. The van der Waals surface area contributed by atoms with Crippen LogP contribution < -0.4 is 5.32 Å². The van der Waals surface area contributed by atoms with Crippen LogP contribution in [-0.4, -0.2) is 22.0 Å². The van der Waals surface area contributed by atoms with E-state index in [1.807, 2.05) is 17.5 Å². The molecule has 2 N–H and O–H groups in total. The summed E-state index contributed by atoms with van der Waals surface area (Å²) in [6.45, 7) is 0. The van der Waals surface area contributed by atoms with Crippen molar-refractivity contribution in [2.75, 3.05) is 5.32 Å². The minimum absolute atomic E-state index is 0.251. The van der Waals surface area contributed by atoms with E-state index >= 15 is 0 Å². The Hall–Kier alpha value is -1.92. The number of aromatic nitrogens is 1. The van der Waals surface area contributed by atoms with Crippen molar-refractivity contribution in [2.45, 2.75) is 25.7 Å². The molecule has 2 unspecified atom stereocenters. The fourth-order valence-electron chi connectivity index (χ4n) is 3.02. The number of hydrogen-bond acceptors (Lipinski definition) is 4. The van der Waals surface area contributed by atoms with Gasteiger partial charge in [-0.25, -0.2) is 4.98 Å². The number of aliphatic carboxylic acids is 1. The van der Waals surface area contributed by atoms with E-state index < -0.39 is 17.8 Å². The molecule has 126 valence electrons. The SMILES string of the molecule is O=C(O)C1CCCCC1C(=O)Nc1nc(-c2ccc(Cl)cc2)cs1. The molecule has 0 aliphatic heterocycles. The maximum Gasteiger partial charge on any atom is 0.307 e. The number of benzene rings is 1. The Balaban J connectivity index is 1.70. The molecule has 1 fully saturated rings. The molecule has 0 radical (unpaired) electrons. The third-order valence-corrected chi connectivity index (χ3v) is 5.30. The highest BCUT2D eigenvalue weighted by molar-refractivity contribution is 7.14. The number of anilines is 1. The van der Waals surface area contributed by atoms with E-state index in [1.165, 1.54) is 11.3 Å². The average molecular weight is 365 g/mol. The number of nitrogens with one attached hydrogen (secondary N) is 1. The number of hydrogen-bond donors (Lipinski definition) is 2. The third kappa shape index (κ3) is 3.76. The largest absolute Gasteiger partial charge is 0.481 e. The van der Waals surface area contributed by atoms with Crippen molar-refractivity contribution in [3.63, 3.8) is 0 Å². The first-order valence-electron chi connectivity index (χ1n) is 7.80. The molecule has 24 heavy (non-hydrogen) atoms. The van der Waals surface area contributed by atoms with Crippen LogP contribution in [0.15, 0.2) is 29.6 Å². The molecule has 1 aliphatic rings. The van der Waals surface area contributed by atoms with E-state index in [-0.39, 0.29) is 5.91 Å². The van der Waals surface area contributed by atoms with Crippen molar-refractivity contribution in [3.05, 3.63) is 34.7 Å². The summed E-state index contributed by atoms with van der Waals surface area (Å²) in [5.74, 6) is -2.23. The molecule has 1 heterocycles. The van der Waals surface area contributed by atoms with Crippen molar-refractivity contribution < 1.29 is 14.7 Å². The number of carboxylic acid groups (broad SMARTS) is 1. The minimum Gasteiger partial charge on any atom is -0.481 e. The fourth-order valence-corrected chi connectivity index (χ4v) is 3.87. The predicted octanol–water partition coefficient (Wildman–Crippen LogP) is 4.29. The van der Waals surface area contributed by atoms with E-state index in [0.29, 0.717) is 23.0 Å². The molecule has 1 aromatic carbocycles. The fraction of sp³-hybridized carbons (Fsp3) is 0.353. The molecule has 5 nitrogen and oxygen atoms in total. The number of halogens is 1. The summed E-state index contributed by atoms with van der Waals surface area (Å²) in [4.78, 5) is 28.2. The van der Waals surface area contributed by atoms with E-state index in [4.69, 9.17) is 11.6 Å². The van der Waals surface area contributed by atoms with Crippen LogP contribution in [0, 0.1) is 11.8 Å². The topological polar surface area (TPSA) is 79.3 Å². The lowest BCUT2D eigenvalue weighted by molar-refractivity contribution is -0.147. The highest BCUT2D eigenvalue weighted by Gasteiger charge is 2.35. The van der Waals surface area contributed by atoms with Crippen LogP contribution in [0.2, 0.25) is 5.02 Å². The van der Waals surface area contributed by atoms with Gasteiger partial charge in [-0.2, -0.15) is 0 Å². The number of carbonyl (C=O) groups excluding carboxylic acids is 1. The van der Waals surface area contributed by atoms with Gasteiger partial charge >= 0.3 is 5.97 Å². The predicted molar refractivity (Wildman–Crippen MR) is 94.3 cm³/mol. The van der Waals surface area contributed by atoms with Gasteiger partial charge in [0.25, 0.3) is 0 Å². The number of nitrogens with zero attached hydrogens (tertiary/aromatic N) is 1. The van der Waals surface area contributed by atoms with Crippen LogP contribution in [0.1, 0.15) is 25.7 Å². The van der Waals surface area contributed by atoms with E-state index in [0.717, 1.165) is 24.1 Å². The molecule has 1 amide bonds. The summed E-state index contributed by atoms with van der Waals surface area (Å²) in [7, 11) is 0. The second-order valence-corrected chi connectivity index (χ2v) is 7.16. The molecular formula is C17H17ClN2O3S. The first-order valence-corrected chi connectivity index (χ1v) is 9.05. The lowest BCUT2D eigenvalue weighted by atomic mass is 9.79. The van der Waals surface area contributed by atoms with Gasteiger partial charge in [0, 0.05) is 16.0 Å².